The van der Waals surface area contributed by atoms with Gasteiger partial charge in [0, 0.05) is 11.1 Å². The molecule has 184 valence electrons. The number of rotatable bonds is 8. The molecular formula is C29H28N2O4S. The molecule has 1 amide bonds. The van der Waals surface area contributed by atoms with E-state index >= 15 is 0 Å². The summed E-state index contributed by atoms with van der Waals surface area (Å²) in [6.07, 6.45) is 1.98. The van der Waals surface area contributed by atoms with E-state index in [1.54, 1.807) is 24.3 Å². The molecule has 1 aliphatic rings. The van der Waals surface area contributed by atoms with Crippen LogP contribution in [0.3, 0.4) is 0 Å². The number of nitrogens with one attached hydrogen (secondary N) is 1. The van der Waals surface area contributed by atoms with Gasteiger partial charge < -0.3 is 10.1 Å². The quantitative estimate of drug-likeness (QED) is 0.348. The first-order valence-corrected chi connectivity index (χ1v) is 13.5. The first-order chi connectivity index (χ1) is 17.4. The zero-order valence-electron chi connectivity index (χ0n) is 20.3. The minimum Gasteiger partial charge on any atom is -0.494 e. The fourth-order valence-electron chi connectivity index (χ4n) is 4.70. The van der Waals surface area contributed by atoms with Crippen LogP contribution in [0.15, 0.2) is 83.8 Å². The van der Waals surface area contributed by atoms with Crippen molar-refractivity contribution < 1.29 is 17.9 Å². The van der Waals surface area contributed by atoms with Crippen molar-refractivity contribution in [3.63, 3.8) is 0 Å². The molecule has 0 atom stereocenters. The molecule has 36 heavy (non-hydrogen) atoms. The van der Waals surface area contributed by atoms with Crippen LogP contribution in [0.2, 0.25) is 0 Å². The highest BCUT2D eigenvalue weighted by Crippen LogP contribution is 2.35. The topological polar surface area (TPSA) is 75.7 Å². The molecule has 4 aromatic carbocycles. The van der Waals surface area contributed by atoms with Crippen molar-refractivity contribution in [1.82, 2.24) is 0 Å². The van der Waals surface area contributed by atoms with Gasteiger partial charge in [0.1, 0.15) is 12.3 Å². The highest BCUT2D eigenvalue weighted by molar-refractivity contribution is 7.92. The van der Waals surface area contributed by atoms with Crippen LogP contribution in [0.4, 0.5) is 11.4 Å². The van der Waals surface area contributed by atoms with Crippen molar-refractivity contribution in [2.75, 3.05) is 22.8 Å². The van der Waals surface area contributed by atoms with E-state index in [9.17, 15) is 13.2 Å². The van der Waals surface area contributed by atoms with Crippen molar-refractivity contribution in [3.05, 3.63) is 95.6 Å². The number of amides is 1. The van der Waals surface area contributed by atoms with Gasteiger partial charge in [-0.3, -0.25) is 9.10 Å². The van der Waals surface area contributed by atoms with Crippen LogP contribution in [0.5, 0.6) is 5.75 Å². The largest absolute Gasteiger partial charge is 0.494 e. The SMILES string of the molecule is CCOc1ccc(S(=O)(=O)N(CC(=O)Nc2ccc3c4c(cccc24)CC3)c2ccc(C)cc2)cc1. The van der Waals surface area contributed by atoms with Crippen LogP contribution in [-0.2, 0) is 27.7 Å². The summed E-state index contributed by atoms with van der Waals surface area (Å²) in [7, 11) is -4.02. The zero-order chi connectivity index (χ0) is 25.3. The molecule has 1 N–H and O–H groups in total. The number of nitrogens with zero attached hydrogens (tertiary/aromatic N) is 1. The molecule has 0 saturated carbocycles. The van der Waals surface area contributed by atoms with E-state index in [0.717, 1.165) is 28.1 Å². The Hall–Kier alpha value is -3.84. The highest BCUT2D eigenvalue weighted by atomic mass is 32.2. The minimum absolute atomic E-state index is 0.0877. The van der Waals surface area contributed by atoms with Crippen molar-refractivity contribution in [2.24, 2.45) is 0 Å². The summed E-state index contributed by atoms with van der Waals surface area (Å²) in [6.45, 7) is 3.92. The first kappa shape index (κ1) is 23.9. The average molecular weight is 501 g/mol. The average Bonchev–Trinajstić information content (AvgIpc) is 3.30. The summed E-state index contributed by atoms with van der Waals surface area (Å²) in [5.41, 5.74) is 4.65. The Labute approximate surface area is 211 Å². The van der Waals surface area contributed by atoms with Crippen molar-refractivity contribution in [3.8, 4) is 5.75 Å². The molecule has 4 aromatic rings. The Morgan fingerprint density at radius 3 is 2.31 bits per heavy atom. The lowest BCUT2D eigenvalue weighted by atomic mass is 10.0. The maximum absolute atomic E-state index is 13.7. The first-order valence-electron chi connectivity index (χ1n) is 12.0. The number of hydrogen-bond donors (Lipinski definition) is 1. The lowest BCUT2D eigenvalue weighted by molar-refractivity contribution is -0.114. The van der Waals surface area contributed by atoms with Gasteiger partial charge in [-0.15, -0.1) is 0 Å². The normalized spacial score (nSPS) is 12.5. The van der Waals surface area contributed by atoms with Crippen LogP contribution >= 0.6 is 0 Å². The molecule has 5 rings (SSSR count). The maximum Gasteiger partial charge on any atom is 0.264 e. The van der Waals surface area contributed by atoms with Crippen LogP contribution in [0, 0.1) is 6.92 Å². The Kier molecular flexibility index (Phi) is 6.41. The molecule has 0 radical (unpaired) electrons. The number of carbonyl (C=O) groups excluding carboxylic acids is 1. The van der Waals surface area contributed by atoms with E-state index in [0.29, 0.717) is 23.7 Å². The summed E-state index contributed by atoms with van der Waals surface area (Å²) >= 11 is 0. The van der Waals surface area contributed by atoms with Gasteiger partial charge in [0.15, 0.2) is 0 Å². The van der Waals surface area contributed by atoms with E-state index in [1.807, 2.05) is 50.2 Å². The minimum atomic E-state index is -4.02. The third-order valence-electron chi connectivity index (χ3n) is 6.48. The Morgan fingerprint density at radius 1 is 0.917 bits per heavy atom. The van der Waals surface area contributed by atoms with E-state index in [4.69, 9.17) is 4.74 Å². The Balaban J connectivity index is 1.46. The van der Waals surface area contributed by atoms with Crippen LogP contribution in [0.1, 0.15) is 23.6 Å². The van der Waals surface area contributed by atoms with E-state index in [-0.39, 0.29) is 11.4 Å². The summed E-state index contributed by atoms with van der Waals surface area (Å²) in [5, 5.41) is 5.13. The molecule has 6 nitrogen and oxygen atoms in total. The van der Waals surface area contributed by atoms with Crippen molar-refractivity contribution in [2.45, 2.75) is 31.6 Å². The number of hydrogen-bond acceptors (Lipinski definition) is 4. The fourth-order valence-corrected chi connectivity index (χ4v) is 6.12. The van der Waals surface area contributed by atoms with Gasteiger partial charge in [0.05, 0.1) is 17.2 Å². The predicted octanol–water partition coefficient (Wildman–Crippen LogP) is 5.48. The molecular weight excluding hydrogens is 472 g/mol. The number of carbonyl (C=O) groups is 1. The molecule has 7 heteroatoms. The molecule has 0 aromatic heterocycles. The summed E-state index contributed by atoms with van der Waals surface area (Å²) in [5.74, 6) is 0.173. The molecule has 0 unspecified atom stereocenters. The van der Waals surface area contributed by atoms with E-state index in [1.165, 1.54) is 28.6 Å². The second-order valence-corrected chi connectivity index (χ2v) is 10.8. The van der Waals surface area contributed by atoms with Crippen LogP contribution in [-0.4, -0.2) is 27.5 Å². The molecule has 0 saturated heterocycles. The van der Waals surface area contributed by atoms with Gasteiger partial charge >= 0.3 is 0 Å². The monoisotopic (exact) mass is 500 g/mol. The summed E-state index contributed by atoms with van der Waals surface area (Å²) in [6, 6.07) is 23.4. The third-order valence-corrected chi connectivity index (χ3v) is 8.27. The summed E-state index contributed by atoms with van der Waals surface area (Å²) < 4.78 is 34.0. The molecule has 0 bridgehead atoms. The second-order valence-electron chi connectivity index (χ2n) is 8.91. The lowest BCUT2D eigenvalue weighted by Gasteiger charge is -2.24. The van der Waals surface area contributed by atoms with E-state index < -0.39 is 15.9 Å². The maximum atomic E-state index is 13.7. The van der Waals surface area contributed by atoms with E-state index in [2.05, 4.69) is 11.4 Å². The second kappa shape index (κ2) is 9.66. The lowest BCUT2D eigenvalue weighted by Crippen LogP contribution is -2.38. The van der Waals surface area contributed by atoms with Gasteiger partial charge in [-0.25, -0.2) is 8.42 Å². The fraction of sp³-hybridized carbons (Fsp3) is 0.207. The Morgan fingerprint density at radius 2 is 1.61 bits per heavy atom. The molecule has 0 spiro atoms. The van der Waals surface area contributed by atoms with Gasteiger partial charge in [-0.1, -0.05) is 42.0 Å². The predicted molar refractivity (Wildman–Crippen MR) is 143 cm³/mol. The molecule has 0 heterocycles. The number of benzene rings is 4. The van der Waals surface area contributed by atoms with Crippen molar-refractivity contribution >= 4 is 38.1 Å². The van der Waals surface area contributed by atoms with Gasteiger partial charge in [0.2, 0.25) is 5.91 Å². The van der Waals surface area contributed by atoms with Crippen LogP contribution < -0.4 is 14.4 Å². The third kappa shape index (κ3) is 4.54. The number of sulfonamides is 1. The standard InChI is InChI=1S/C29H28N2O4S/c1-3-35-24-14-16-25(17-15-24)36(33,34)31(23-12-7-20(2)8-13-23)19-28(32)30-27-18-11-22-10-9-21-5-4-6-26(27)29(21)22/h4-8,11-18H,3,9-10,19H2,1-2H3,(H,30,32). The van der Waals surface area contributed by atoms with Gasteiger partial charge in [-0.2, -0.15) is 0 Å². The Bertz CT molecular complexity index is 1520. The van der Waals surface area contributed by atoms with Crippen molar-refractivity contribution in [1.29, 1.82) is 0 Å². The number of ether oxygens (including phenoxy) is 1. The highest BCUT2D eigenvalue weighted by Gasteiger charge is 2.28. The van der Waals surface area contributed by atoms with Gasteiger partial charge in [0.25, 0.3) is 10.0 Å². The smallest absolute Gasteiger partial charge is 0.264 e. The van der Waals surface area contributed by atoms with Gasteiger partial charge in [-0.05, 0) is 85.7 Å². The number of aryl methyl sites for hydroxylation is 3. The summed E-state index contributed by atoms with van der Waals surface area (Å²) in [4.78, 5) is 13.4. The molecule has 0 fully saturated rings. The molecule has 1 aliphatic carbocycles. The van der Waals surface area contributed by atoms with Crippen LogP contribution in [0.25, 0.3) is 10.8 Å². The number of anilines is 2. The molecule has 0 aliphatic heterocycles. The zero-order valence-corrected chi connectivity index (χ0v) is 21.1.